The molecule has 20 heavy (non-hydrogen) atoms. The Labute approximate surface area is 121 Å². The molecule has 0 aliphatic heterocycles. The van der Waals surface area contributed by atoms with Gasteiger partial charge in [-0.25, -0.2) is 4.39 Å². The highest BCUT2D eigenvalue weighted by atomic mass is 35.5. The number of rotatable bonds is 4. The van der Waals surface area contributed by atoms with Crippen LogP contribution in [0.1, 0.15) is 12.5 Å². The second kappa shape index (κ2) is 6.39. The fourth-order valence-electron chi connectivity index (χ4n) is 1.72. The van der Waals surface area contributed by atoms with Gasteiger partial charge in [0, 0.05) is 19.2 Å². The fourth-order valence-corrected chi connectivity index (χ4v) is 1.95. The van der Waals surface area contributed by atoms with Crippen molar-refractivity contribution in [2.75, 3.05) is 10.6 Å². The quantitative estimate of drug-likeness (QED) is 0.892. The van der Waals surface area contributed by atoms with E-state index in [4.69, 9.17) is 11.6 Å². The molecule has 0 atom stereocenters. The Balaban J connectivity index is 2.01. The molecule has 2 N–H and O–H groups in total. The molecule has 0 bridgehead atoms. The molecule has 0 aliphatic carbocycles. The molecular weight excluding hydrogens is 279 g/mol. The standard InChI is InChI=1S/C15H14ClFN2O/c1-10(20)19-15-7-6-13(8-14(15)16)18-9-11-2-4-12(17)5-3-11/h2-8,18H,9H2,1H3,(H,19,20). The lowest BCUT2D eigenvalue weighted by atomic mass is 10.2. The lowest BCUT2D eigenvalue weighted by molar-refractivity contribution is -0.114. The Bertz CT molecular complexity index is 614. The molecule has 0 aliphatic rings. The van der Waals surface area contributed by atoms with Crippen molar-refractivity contribution in [3.8, 4) is 0 Å². The molecule has 0 saturated carbocycles. The Morgan fingerprint density at radius 1 is 1.20 bits per heavy atom. The van der Waals surface area contributed by atoms with E-state index in [9.17, 15) is 9.18 Å². The summed E-state index contributed by atoms with van der Waals surface area (Å²) in [6, 6.07) is 11.6. The number of carbonyl (C=O) groups excluding carboxylic acids is 1. The van der Waals surface area contributed by atoms with Crippen LogP contribution in [0.15, 0.2) is 42.5 Å². The van der Waals surface area contributed by atoms with Gasteiger partial charge in [0.2, 0.25) is 5.91 Å². The van der Waals surface area contributed by atoms with Crippen molar-refractivity contribution in [2.24, 2.45) is 0 Å². The summed E-state index contributed by atoms with van der Waals surface area (Å²) in [6.45, 7) is 1.99. The Kier molecular flexibility index (Phi) is 4.58. The number of benzene rings is 2. The van der Waals surface area contributed by atoms with E-state index in [1.54, 1.807) is 24.3 Å². The minimum Gasteiger partial charge on any atom is -0.381 e. The molecule has 2 rings (SSSR count). The first-order valence-electron chi connectivity index (χ1n) is 6.10. The highest BCUT2D eigenvalue weighted by Gasteiger charge is 2.03. The highest BCUT2D eigenvalue weighted by molar-refractivity contribution is 6.34. The average Bonchev–Trinajstić information content (AvgIpc) is 2.40. The lowest BCUT2D eigenvalue weighted by Gasteiger charge is -2.10. The number of hydrogen-bond donors (Lipinski definition) is 2. The van der Waals surface area contributed by atoms with Crippen LogP contribution in [0, 0.1) is 5.82 Å². The maximum Gasteiger partial charge on any atom is 0.221 e. The van der Waals surface area contributed by atoms with Crippen molar-refractivity contribution in [3.63, 3.8) is 0 Å². The molecule has 104 valence electrons. The molecule has 0 spiro atoms. The monoisotopic (exact) mass is 292 g/mol. The maximum absolute atomic E-state index is 12.8. The van der Waals surface area contributed by atoms with Crippen molar-refractivity contribution in [1.82, 2.24) is 0 Å². The van der Waals surface area contributed by atoms with Crippen molar-refractivity contribution in [1.29, 1.82) is 0 Å². The van der Waals surface area contributed by atoms with E-state index >= 15 is 0 Å². The molecule has 0 saturated heterocycles. The van der Waals surface area contributed by atoms with Gasteiger partial charge in [0.1, 0.15) is 5.82 Å². The zero-order valence-electron chi connectivity index (χ0n) is 10.9. The molecular formula is C15H14ClFN2O. The molecule has 1 amide bonds. The Hall–Kier alpha value is -2.07. The summed E-state index contributed by atoms with van der Waals surface area (Å²) in [5.74, 6) is -0.421. The summed E-state index contributed by atoms with van der Waals surface area (Å²) < 4.78 is 12.8. The van der Waals surface area contributed by atoms with Crippen LogP contribution in [0.5, 0.6) is 0 Å². The van der Waals surface area contributed by atoms with Crippen LogP contribution in [-0.2, 0) is 11.3 Å². The van der Waals surface area contributed by atoms with Crippen molar-refractivity contribution in [2.45, 2.75) is 13.5 Å². The minimum absolute atomic E-state index is 0.168. The third kappa shape index (κ3) is 3.96. The van der Waals surface area contributed by atoms with Crippen LogP contribution >= 0.6 is 11.6 Å². The highest BCUT2D eigenvalue weighted by Crippen LogP contribution is 2.25. The summed E-state index contributed by atoms with van der Waals surface area (Å²) >= 11 is 6.07. The zero-order valence-corrected chi connectivity index (χ0v) is 11.7. The van der Waals surface area contributed by atoms with Crippen LogP contribution in [-0.4, -0.2) is 5.91 Å². The van der Waals surface area contributed by atoms with Gasteiger partial charge in [-0.15, -0.1) is 0 Å². The van der Waals surface area contributed by atoms with E-state index in [0.29, 0.717) is 17.3 Å². The summed E-state index contributed by atoms with van der Waals surface area (Å²) in [5, 5.41) is 6.28. The van der Waals surface area contributed by atoms with E-state index in [0.717, 1.165) is 11.3 Å². The largest absolute Gasteiger partial charge is 0.381 e. The van der Waals surface area contributed by atoms with Gasteiger partial charge in [-0.05, 0) is 35.9 Å². The maximum atomic E-state index is 12.8. The van der Waals surface area contributed by atoms with Gasteiger partial charge in [-0.2, -0.15) is 0 Å². The predicted molar refractivity (Wildman–Crippen MR) is 79.5 cm³/mol. The normalized spacial score (nSPS) is 10.2. The number of hydrogen-bond acceptors (Lipinski definition) is 2. The van der Waals surface area contributed by atoms with Gasteiger partial charge >= 0.3 is 0 Å². The molecule has 0 fully saturated rings. The summed E-state index contributed by atoms with van der Waals surface area (Å²) in [4.78, 5) is 11.0. The van der Waals surface area contributed by atoms with E-state index < -0.39 is 0 Å². The third-order valence-electron chi connectivity index (χ3n) is 2.69. The van der Waals surface area contributed by atoms with E-state index in [1.807, 2.05) is 6.07 Å². The fraction of sp³-hybridized carbons (Fsp3) is 0.133. The SMILES string of the molecule is CC(=O)Nc1ccc(NCc2ccc(F)cc2)cc1Cl. The van der Waals surface area contributed by atoms with Crippen LogP contribution in [0.4, 0.5) is 15.8 Å². The van der Waals surface area contributed by atoms with E-state index in [2.05, 4.69) is 10.6 Å². The molecule has 0 unspecified atom stereocenters. The van der Waals surface area contributed by atoms with Gasteiger partial charge in [0.05, 0.1) is 10.7 Å². The molecule has 0 heterocycles. The van der Waals surface area contributed by atoms with E-state index in [1.165, 1.54) is 19.1 Å². The summed E-state index contributed by atoms with van der Waals surface area (Å²) in [5.41, 5.74) is 2.37. The van der Waals surface area contributed by atoms with Crippen molar-refractivity contribution < 1.29 is 9.18 Å². The summed E-state index contributed by atoms with van der Waals surface area (Å²) in [7, 11) is 0. The number of nitrogens with one attached hydrogen (secondary N) is 2. The summed E-state index contributed by atoms with van der Waals surface area (Å²) in [6.07, 6.45) is 0. The minimum atomic E-state index is -0.253. The van der Waals surface area contributed by atoms with Gasteiger partial charge in [0.25, 0.3) is 0 Å². The molecule has 2 aromatic carbocycles. The van der Waals surface area contributed by atoms with Gasteiger partial charge in [0.15, 0.2) is 0 Å². The first kappa shape index (κ1) is 14.3. The van der Waals surface area contributed by atoms with Crippen LogP contribution in [0.3, 0.4) is 0 Å². The topological polar surface area (TPSA) is 41.1 Å². The van der Waals surface area contributed by atoms with Crippen molar-refractivity contribution >= 4 is 28.9 Å². The third-order valence-corrected chi connectivity index (χ3v) is 3.00. The smallest absolute Gasteiger partial charge is 0.221 e. The molecule has 0 radical (unpaired) electrons. The second-order valence-corrected chi connectivity index (χ2v) is 4.76. The second-order valence-electron chi connectivity index (χ2n) is 4.36. The number of anilines is 2. The van der Waals surface area contributed by atoms with Gasteiger partial charge < -0.3 is 10.6 Å². The molecule has 5 heteroatoms. The zero-order chi connectivity index (χ0) is 14.5. The molecule has 3 nitrogen and oxygen atoms in total. The lowest BCUT2D eigenvalue weighted by Crippen LogP contribution is -2.06. The van der Waals surface area contributed by atoms with Crippen molar-refractivity contribution in [3.05, 3.63) is 58.9 Å². The number of halogens is 2. The average molecular weight is 293 g/mol. The van der Waals surface area contributed by atoms with E-state index in [-0.39, 0.29) is 11.7 Å². The first-order chi connectivity index (χ1) is 9.54. The van der Waals surface area contributed by atoms with Crippen LogP contribution in [0.25, 0.3) is 0 Å². The Morgan fingerprint density at radius 2 is 1.90 bits per heavy atom. The molecule has 0 aromatic heterocycles. The van der Waals surface area contributed by atoms with Crippen LogP contribution in [0.2, 0.25) is 5.02 Å². The number of amides is 1. The van der Waals surface area contributed by atoms with Crippen LogP contribution < -0.4 is 10.6 Å². The Morgan fingerprint density at radius 3 is 2.50 bits per heavy atom. The van der Waals surface area contributed by atoms with Gasteiger partial charge in [-0.3, -0.25) is 4.79 Å². The molecule has 2 aromatic rings. The number of carbonyl (C=O) groups is 1. The van der Waals surface area contributed by atoms with Gasteiger partial charge in [-0.1, -0.05) is 23.7 Å². The first-order valence-corrected chi connectivity index (χ1v) is 6.48. The predicted octanol–water partition coefficient (Wildman–Crippen LogP) is 4.05.